The minimum Gasteiger partial charge on any atom is -0.464 e. The molecular weight excluding hydrogens is 397 g/mol. The van der Waals surface area contributed by atoms with Crippen LogP contribution in [-0.4, -0.2) is 36.6 Å². The number of rotatable bonds is 16. The molecule has 0 saturated carbocycles. The number of ether oxygens (including phenoxy) is 1. The van der Waals surface area contributed by atoms with Gasteiger partial charge in [0.1, 0.15) is 6.04 Å². The number of halogens is 5. The fraction of sp³-hybridized carbons (Fsp3) is 0.900. The van der Waals surface area contributed by atoms with Crippen molar-refractivity contribution in [3.05, 3.63) is 0 Å². The molecule has 29 heavy (non-hydrogen) atoms. The van der Waals surface area contributed by atoms with E-state index in [-0.39, 0.29) is 6.61 Å². The zero-order valence-electron chi connectivity index (χ0n) is 17.4. The third-order valence-electron chi connectivity index (χ3n) is 4.58. The maximum Gasteiger partial charge on any atom is 0.463 e. The molecule has 0 aromatic rings. The first-order valence-corrected chi connectivity index (χ1v) is 10.5. The highest BCUT2D eigenvalue weighted by Gasteiger charge is 2.63. The van der Waals surface area contributed by atoms with Gasteiger partial charge in [0, 0.05) is 0 Å². The van der Waals surface area contributed by atoms with Crippen LogP contribution in [0.3, 0.4) is 0 Å². The van der Waals surface area contributed by atoms with E-state index in [1.807, 2.05) is 0 Å². The molecule has 0 aromatic carbocycles. The first-order valence-electron chi connectivity index (χ1n) is 10.5. The molecule has 0 aliphatic heterocycles. The topological polar surface area (TPSA) is 55.4 Å². The summed E-state index contributed by atoms with van der Waals surface area (Å²) in [6.07, 6.45) is 7.50. The smallest absolute Gasteiger partial charge is 0.463 e. The number of amides is 1. The lowest BCUT2D eigenvalue weighted by Crippen LogP contribution is -2.54. The molecule has 0 heterocycles. The van der Waals surface area contributed by atoms with Crippen LogP contribution in [0.4, 0.5) is 22.0 Å². The van der Waals surface area contributed by atoms with Crippen molar-refractivity contribution in [3.63, 3.8) is 0 Å². The highest BCUT2D eigenvalue weighted by molar-refractivity contribution is 5.88. The molecule has 1 N–H and O–H groups in total. The van der Waals surface area contributed by atoms with Gasteiger partial charge in [-0.25, -0.2) is 4.79 Å². The van der Waals surface area contributed by atoms with E-state index in [2.05, 4.69) is 6.92 Å². The van der Waals surface area contributed by atoms with Crippen LogP contribution in [0.15, 0.2) is 0 Å². The summed E-state index contributed by atoms with van der Waals surface area (Å²) in [6, 6.07) is -1.59. The van der Waals surface area contributed by atoms with Gasteiger partial charge in [-0.1, -0.05) is 77.6 Å². The second-order valence-corrected chi connectivity index (χ2v) is 7.32. The molecule has 0 bridgehead atoms. The Morgan fingerprint density at radius 3 is 1.62 bits per heavy atom. The lowest BCUT2D eigenvalue weighted by molar-refractivity contribution is -0.270. The van der Waals surface area contributed by atoms with Crippen LogP contribution in [0.1, 0.15) is 90.9 Å². The van der Waals surface area contributed by atoms with Crippen molar-refractivity contribution in [2.75, 3.05) is 6.61 Å². The number of esters is 1. The molecule has 1 unspecified atom stereocenters. The van der Waals surface area contributed by atoms with Crippen LogP contribution in [-0.2, 0) is 14.3 Å². The largest absolute Gasteiger partial charge is 0.464 e. The van der Waals surface area contributed by atoms with E-state index in [9.17, 15) is 31.5 Å². The molecule has 172 valence electrons. The van der Waals surface area contributed by atoms with Gasteiger partial charge in [-0.05, 0) is 13.3 Å². The highest BCUT2D eigenvalue weighted by Crippen LogP contribution is 2.35. The molecule has 0 spiro atoms. The van der Waals surface area contributed by atoms with Gasteiger partial charge in [0.2, 0.25) is 0 Å². The number of carbonyl (C=O) groups excluding carboxylic acids is 2. The zero-order valence-corrected chi connectivity index (χ0v) is 17.4. The first-order chi connectivity index (χ1) is 13.5. The molecular formula is C20H34F5NO3. The summed E-state index contributed by atoms with van der Waals surface area (Å²) in [4.78, 5) is 22.6. The van der Waals surface area contributed by atoms with Crippen LogP contribution in [0, 0.1) is 0 Å². The molecule has 0 aromatic heterocycles. The van der Waals surface area contributed by atoms with E-state index >= 15 is 0 Å². The minimum absolute atomic E-state index is 0.0339. The summed E-state index contributed by atoms with van der Waals surface area (Å²) < 4.78 is 66.7. The maximum atomic E-state index is 12.8. The normalized spacial score (nSPS) is 13.2. The van der Waals surface area contributed by atoms with E-state index < -0.39 is 30.0 Å². The number of hydrogen-bond acceptors (Lipinski definition) is 3. The predicted octanol–water partition coefficient (Wildman–Crippen LogP) is 5.93. The van der Waals surface area contributed by atoms with Gasteiger partial charge in [0.25, 0.3) is 0 Å². The molecule has 0 saturated heterocycles. The van der Waals surface area contributed by atoms with Crippen molar-refractivity contribution < 1.29 is 36.3 Å². The molecule has 0 radical (unpaired) electrons. The summed E-state index contributed by atoms with van der Waals surface area (Å²) in [5.74, 6) is -9.17. The molecule has 4 nitrogen and oxygen atoms in total. The second kappa shape index (κ2) is 14.6. The van der Waals surface area contributed by atoms with Gasteiger partial charge >= 0.3 is 24.0 Å². The Balaban J connectivity index is 3.73. The van der Waals surface area contributed by atoms with Crippen LogP contribution < -0.4 is 5.32 Å². The van der Waals surface area contributed by atoms with Crippen molar-refractivity contribution in [2.45, 2.75) is 109 Å². The SMILES string of the molecule is CCCCCCCCCCCCCCOC(=O)C(C)NC(=O)C(F)(F)C(F)(F)F. The molecule has 0 aliphatic rings. The van der Waals surface area contributed by atoms with Crippen LogP contribution in [0.2, 0.25) is 0 Å². The summed E-state index contributed by atoms with van der Waals surface area (Å²) in [5, 5.41) is 1.34. The highest BCUT2D eigenvalue weighted by atomic mass is 19.4. The van der Waals surface area contributed by atoms with Crippen molar-refractivity contribution >= 4 is 11.9 Å². The first kappa shape index (κ1) is 27.6. The van der Waals surface area contributed by atoms with Gasteiger partial charge in [-0.2, -0.15) is 22.0 Å². The van der Waals surface area contributed by atoms with E-state index in [0.717, 1.165) is 32.6 Å². The molecule has 0 fully saturated rings. The Hall–Kier alpha value is -1.41. The molecule has 0 rings (SSSR count). The zero-order chi connectivity index (χ0) is 22.3. The number of unbranched alkanes of at least 4 members (excludes halogenated alkanes) is 11. The third kappa shape index (κ3) is 12.0. The number of nitrogens with one attached hydrogen (secondary N) is 1. The number of carbonyl (C=O) groups is 2. The van der Waals surface area contributed by atoms with Crippen LogP contribution in [0.5, 0.6) is 0 Å². The summed E-state index contributed by atoms with van der Waals surface area (Å²) in [5.41, 5.74) is 0. The van der Waals surface area contributed by atoms with E-state index in [0.29, 0.717) is 6.42 Å². The van der Waals surface area contributed by atoms with Gasteiger partial charge in [-0.3, -0.25) is 4.79 Å². The van der Waals surface area contributed by atoms with Gasteiger partial charge in [0.15, 0.2) is 0 Å². The minimum atomic E-state index is -6.02. The van der Waals surface area contributed by atoms with Gasteiger partial charge in [0.05, 0.1) is 6.61 Å². The van der Waals surface area contributed by atoms with Crippen molar-refractivity contribution in [3.8, 4) is 0 Å². The molecule has 0 aliphatic carbocycles. The fourth-order valence-electron chi connectivity index (χ4n) is 2.72. The second-order valence-electron chi connectivity index (χ2n) is 7.32. The van der Waals surface area contributed by atoms with Crippen LogP contribution >= 0.6 is 0 Å². The lowest BCUT2D eigenvalue weighted by Gasteiger charge is -2.20. The molecule has 9 heteroatoms. The Labute approximate surface area is 169 Å². The van der Waals surface area contributed by atoms with Gasteiger partial charge < -0.3 is 10.1 Å². The van der Waals surface area contributed by atoms with Gasteiger partial charge in [-0.15, -0.1) is 0 Å². The molecule has 1 atom stereocenters. The maximum absolute atomic E-state index is 12.8. The Morgan fingerprint density at radius 2 is 1.21 bits per heavy atom. The number of hydrogen-bond donors (Lipinski definition) is 1. The van der Waals surface area contributed by atoms with Crippen molar-refractivity contribution in [1.29, 1.82) is 0 Å². The lowest BCUT2D eigenvalue weighted by atomic mass is 10.1. The Bertz CT molecular complexity index is 470. The van der Waals surface area contributed by atoms with Crippen molar-refractivity contribution in [1.82, 2.24) is 5.32 Å². The summed E-state index contributed by atoms with van der Waals surface area (Å²) in [6.45, 7) is 3.22. The van der Waals surface area contributed by atoms with E-state index in [4.69, 9.17) is 4.74 Å². The standard InChI is InChI=1S/C20H34F5NO3/c1-3-4-5-6-7-8-9-10-11-12-13-14-15-29-17(27)16(2)26-18(28)19(21,22)20(23,24)25/h16H,3-15H2,1-2H3,(H,26,28). The third-order valence-corrected chi connectivity index (χ3v) is 4.58. The van der Waals surface area contributed by atoms with E-state index in [1.165, 1.54) is 50.3 Å². The summed E-state index contributed by atoms with van der Waals surface area (Å²) in [7, 11) is 0. The predicted molar refractivity (Wildman–Crippen MR) is 101 cm³/mol. The number of alkyl halides is 5. The average molecular weight is 431 g/mol. The average Bonchev–Trinajstić information content (AvgIpc) is 2.64. The quantitative estimate of drug-likeness (QED) is 0.187. The van der Waals surface area contributed by atoms with Crippen LogP contribution in [0.25, 0.3) is 0 Å². The van der Waals surface area contributed by atoms with E-state index in [1.54, 1.807) is 0 Å². The summed E-state index contributed by atoms with van der Waals surface area (Å²) >= 11 is 0. The Morgan fingerprint density at radius 1 is 0.793 bits per heavy atom. The Kier molecular flexibility index (Phi) is 13.8. The monoisotopic (exact) mass is 431 g/mol. The fourth-order valence-corrected chi connectivity index (χ4v) is 2.72. The van der Waals surface area contributed by atoms with Crippen molar-refractivity contribution in [2.24, 2.45) is 0 Å². The molecule has 1 amide bonds.